The first-order valence-corrected chi connectivity index (χ1v) is 13.0. The summed E-state index contributed by atoms with van der Waals surface area (Å²) in [5, 5.41) is 0.738. The molecular formula is C28H37ClN2O4. The molecule has 0 spiro atoms. The fraction of sp³-hybridized carbons (Fsp3) is 0.500. The van der Waals surface area contributed by atoms with E-state index in [-0.39, 0.29) is 24.6 Å². The number of benzene rings is 2. The van der Waals surface area contributed by atoms with Gasteiger partial charge in [0.15, 0.2) is 6.61 Å². The van der Waals surface area contributed by atoms with Crippen molar-refractivity contribution < 1.29 is 19.1 Å². The normalized spacial score (nSPS) is 15.0. The van der Waals surface area contributed by atoms with Crippen LogP contribution < -0.4 is 4.74 Å². The average Bonchev–Trinajstić information content (AvgIpc) is 2.88. The van der Waals surface area contributed by atoms with Gasteiger partial charge < -0.3 is 14.4 Å². The molecule has 3 rings (SSSR count). The van der Waals surface area contributed by atoms with E-state index in [2.05, 4.69) is 11.8 Å². The molecule has 0 radical (unpaired) electrons. The van der Waals surface area contributed by atoms with Crippen molar-refractivity contribution in [1.82, 2.24) is 9.80 Å². The van der Waals surface area contributed by atoms with E-state index in [0.717, 1.165) is 56.8 Å². The van der Waals surface area contributed by atoms with Crippen molar-refractivity contribution in [3.8, 4) is 5.75 Å². The summed E-state index contributed by atoms with van der Waals surface area (Å²) in [5.74, 6) is 0.219. The summed E-state index contributed by atoms with van der Waals surface area (Å²) in [6.07, 6.45) is 5.03. The van der Waals surface area contributed by atoms with Crippen LogP contribution in [0.2, 0.25) is 5.02 Å². The minimum atomic E-state index is -0.313. The number of unbranched alkanes of at least 4 members (excludes halogenated alkanes) is 2. The molecule has 0 aliphatic carbocycles. The van der Waals surface area contributed by atoms with E-state index in [1.165, 1.54) is 5.56 Å². The molecule has 0 saturated carbocycles. The highest BCUT2D eigenvalue weighted by Crippen LogP contribution is 2.17. The third-order valence-corrected chi connectivity index (χ3v) is 6.61. The van der Waals surface area contributed by atoms with Crippen LogP contribution in [-0.4, -0.2) is 60.6 Å². The lowest BCUT2D eigenvalue weighted by Gasteiger charge is -2.34. The van der Waals surface area contributed by atoms with Crippen molar-refractivity contribution in [2.75, 3.05) is 32.8 Å². The summed E-state index contributed by atoms with van der Waals surface area (Å²) in [6, 6.07) is 14.7. The second kappa shape index (κ2) is 14.1. The molecule has 1 aliphatic heterocycles. The Kier molecular flexibility index (Phi) is 10.9. The smallest absolute Gasteiger partial charge is 0.338 e. The molecule has 1 saturated heterocycles. The third-order valence-electron chi connectivity index (χ3n) is 6.36. The summed E-state index contributed by atoms with van der Waals surface area (Å²) in [6.45, 7) is 8.03. The molecule has 35 heavy (non-hydrogen) atoms. The molecule has 1 fully saturated rings. The van der Waals surface area contributed by atoms with Crippen molar-refractivity contribution in [2.24, 2.45) is 0 Å². The van der Waals surface area contributed by atoms with Crippen molar-refractivity contribution >= 4 is 23.5 Å². The quantitative estimate of drug-likeness (QED) is 0.281. The second-order valence-electron chi connectivity index (χ2n) is 9.03. The lowest BCUT2D eigenvalue weighted by molar-refractivity contribution is -0.135. The lowest BCUT2D eigenvalue weighted by atomic mass is 10.1. The van der Waals surface area contributed by atoms with E-state index in [9.17, 15) is 9.59 Å². The van der Waals surface area contributed by atoms with E-state index in [0.29, 0.717) is 24.4 Å². The Labute approximate surface area is 214 Å². The zero-order chi connectivity index (χ0) is 25.0. The SMILES string of the molecule is CCCCCC(CC)OC(=O)c1ccc(OCC(=O)N2CCN(Cc3ccc(Cl)cc3)CC2)cc1. The highest BCUT2D eigenvalue weighted by atomic mass is 35.5. The highest BCUT2D eigenvalue weighted by molar-refractivity contribution is 6.30. The fourth-order valence-electron chi connectivity index (χ4n) is 4.11. The van der Waals surface area contributed by atoms with E-state index < -0.39 is 0 Å². The molecule has 1 aliphatic rings. The summed E-state index contributed by atoms with van der Waals surface area (Å²) in [7, 11) is 0. The lowest BCUT2D eigenvalue weighted by Crippen LogP contribution is -2.49. The Morgan fingerprint density at radius 3 is 2.26 bits per heavy atom. The second-order valence-corrected chi connectivity index (χ2v) is 9.46. The molecule has 0 N–H and O–H groups in total. The number of hydrogen-bond donors (Lipinski definition) is 0. The number of nitrogens with zero attached hydrogens (tertiary/aromatic N) is 2. The molecule has 7 heteroatoms. The Balaban J connectivity index is 1.39. The zero-order valence-electron chi connectivity index (χ0n) is 20.9. The summed E-state index contributed by atoms with van der Waals surface area (Å²) in [5.41, 5.74) is 1.71. The maximum absolute atomic E-state index is 12.6. The van der Waals surface area contributed by atoms with E-state index in [1.807, 2.05) is 36.1 Å². The maximum Gasteiger partial charge on any atom is 0.338 e. The van der Waals surface area contributed by atoms with Crippen molar-refractivity contribution in [3.63, 3.8) is 0 Å². The van der Waals surface area contributed by atoms with Crippen molar-refractivity contribution in [2.45, 2.75) is 58.6 Å². The molecule has 1 heterocycles. The first-order chi connectivity index (χ1) is 17.0. The van der Waals surface area contributed by atoms with Gasteiger partial charge in [0.25, 0.3) is 5.91 Å². The topological polar surface area (TPSA) is 59.1 Å². The minimum absolute atomic E-state index is 0.0175. The number of halogens is 1. The predicted octanol–water partition coefficient (Wildman–Crippen LogP) is 5.58. The van der Waals surface area contributed by atoms with Crippen LogP contribution in [0.5, 0.6) is 5.75 Å². The van der Waals surface area contributed by atoms with Crippen molar-refractivity contribution in [3.05, 3.63) is 64.7 Å². The van der Waals surface area contributed by atoms with Gasteiger partial charge in [-0.05, 0) is 61.2 Å². The van der Waals surface area contributed by atoms with Gasteiger partial charge in [-0.3, -0.25) is 9.69 Å². The average molecular weight is 501 g/mol. The first-order valence-electron chi connectivity index (χ1n) is 12.7. The number of hydrogen-bond acceptors (Lipinski definition) is 5. The standard InChI is InChI=1S/C28H37ClN2O4/c1-3-5-6-7-25(4-2)35-28(33)23-10-14-26(15-11-23)34-21-27(32)31-18-16-30(17-19-31)20-22-8-12-24(29)13-9-22/h8-15,25H,3-7,16-21H2,1-2H3. The van der Waals surface area contributed by atoms with Gasteiger partial charge >= 0.3 is 5.97 Å². The Morgan fingerprint density at radius 1 is 0.943 bits per heavy atom. The van der Waals surface area contributed by atoms with Crippen LogP contribution in [-0.2, 0) is 16.1 Å². The molecule has 190 valence electrons. The van der Waals surface area contributed by atoms with Gasteiger partial charge in [0, 0.05) is 37.7 Å². The van der Waals surface area contributed by atoms with Crippen LogP contribution in [0.25, 0.3) is 0 Å². The van der Waals surface area contributed by atoms with Crippen LogP contribution in [0, 0.1) is 0 Å². The largest absolute Gasteiger partial charge is 0.484 e. The monoisotopic (exact) mass is 500 g/mol. The number of carbonyl (C=O) groups is 2. The predicted molar refractivity (Wildman–Crippen MR) is 139 cm³/mol. The van der Waals surface area contributed by atoms with Gasteiger partial charge in [0.2, 0.25) is 0 Å². The Morgan fingerprint density at radius 2 is 1.63 bits per heavy atom. The van der Waals surface area contributed by atoms with Crippen molar-refractivity contribution in [1.29, 1.82) is 0 Å². The van der Waals surface area contributed by atoms with E-state index in [1.54, 1.807) is 24.3 Å². The van der Waals surface area contributed by atoms with Gasteiger partial charge in [-0.2, -0.15) is 0 Å². The van der Waals surface area contributed by atoms with Crippen LogP contribution >= 0.6 is 11.6 Å². The zero-order valence-corrected chi connectivity index (χ0v) is 21.6. The fourth-order valence-corrected chi connectivity index (χ4v) is 4.24. The van der Waals surface area contributed by atoms with Gasteiger partial charge in [-0.25, -0.2) is 4.79 Å². The van der Waals surface area contributed by atoms with E-state index in [4.69, 9.17) is 21.1 Å². The van der Waals surface area contributed by atoms with Crippen LogP contribution in [0.3, 0.4) is 0 Å². The molecule has 1 unspecified atom stereocenters. The van der Waals surface area contributed by atoms with Crippen LogP contribution in [0.15, 0.2) is 48.5 Å². The maximum atomic E-state index is 12.6. The van der Waals surface area contributed by atoms with Crippen LogP contribution in [0.1, 0.15) is 61.9 Å². The Bertz CT molecular complexity index is 925. The van der Waals surface area contributed by atoms with Gasteiger partial charge in [-0.15, -0.1) is 0 Å². The number of rotatable bonds is 12. The number of carbonyl (C=O) groups excluding carboxylic acids is 2. The molecule has 0 aromatic heterocycles. The third kappa shape index (κ3) is 8.86. The van der Waals surface area contributed by atoms with Gasteiger partial charge in [-0.1, -0.05) is 50.4 Å². The highest BCUT2D eigenvalue weighted by Gasteiger charge is 2.21. The first kappa shape index (κ1) is 27.0. The number of esters is 1. The number of piperazine rings is 1. The van der Waals surface area contributed by atoms with Gasteiger partial charge in [0.05, 0.1) is 5.56 Å². The molecule has 0 bridgehead atoms. The molecular weight excluding hydrogens is 464 g/mol. The summed E-state index contributed by atoms with van der Waals surface area (Å²) >= 11 is 5.96. The molecule has 2 aromatic carbocycles. The molecule has 1 atom stereocenters. The molecule has 6 nitrogen and oxygen atoms in total. The summed E-state index contributed by atoms with van der Waals surface area (Å²) in [4.78, 5) is 29.2. The minimum Gasteiger partial charge on any atom is -0.484 e. The Hall–Kier alpha value is -2.57. The van der Waals surface area contributed by atoms with Crippen LogP contribution in [0.4, 0.5) is 0 Å². The van der Waals surface area contributed by atoms with Gasteiger partial charge in [0.1, 0.15) is 11.9 Å². The molecule has 1 amide bonds. The number of ether oxygens (including phenoxy) is 2. The van der Waals surface area contributed by atoms with E-state index >= 15 is 0 Å². The summed E-state index contributed by atoms with van der Waals surface area (Å²) < 4.78 is 11.3. The number of amides is 1. The molecule has 2 aromatic rings.